The molecule has 28 heavy (non-hydrogen) atoms. The lowest BCUT2D eigenvalue weighted by Crippen LogP contribution is -2.60. The maximum atomic E-state index is 10.6. The summed E-state index contributed by atoms with van der Waals surface area (Å²) < 4.78 is 28.7. The van der Waals surface area contributed by atoms with Gasteiger partial charge in [0.15, 0.2) is 6.29 Å². The fourth-order valence-electron chi connectivity index (χ4n) is 3.33. The SMILES string of the molecule is CO[C@H]1O[C@H](COCc2ccccc2)[C@@H](OC)[C@H](OCc2ccccc2)[C@H]1O. The summed E-state index contributed by atoms with van der Waals surface area (Å²) >= 11 is 0. The maximum absolute atomic E-state index is 10.6. The zero-order valence-electron chi connectivity index (χ0n) is 16.3. The summed E-state index contributed by atoms with van der Waals surface area (Å²) in [5.41, 5.74) is 2.09. The molecule has 1 aliphatic rings. The van der Waals surface area contributed by atoms with E-state index in [4.69, 9.17) is 23.7 Å². The van der Waals surface area contributed by atoms with Gasteiger partial charge < -0.3 is 28.8 Å². The van der Waals surface area contributed by atoms with Crippen LogP contribution in [-0.2, 0) is 36.9 Å². The predicted molar refractivity (Wildman–Crippen MR) is 104 cm³/mol. The summed E-state index contributed by atoms with van der Waals surface area (Å²) in [6.45, 7) is 1.12. The summed E-state index contributed by atoms with van der Waals surface area (Å²) in [4.78, 5) is 0. The van der Waals surface area contributed by atoms with Gasteiger partial charge in [-0.3, -0.25) is 0 Å². The van der Waals surface area contributed by atoms with E-state index in [0.717, 1.165) is 11.1 Å². The van der Waals surface area contributed by atoms with Crippen LogP contribution in [0.1, 0.15) is 11.1 Å². The molecule has 0 aliphatic carbocycles. The highest BCUT2D eigenvalue weighted by Crippen LogP contribution is 2.27. The molecular formula is C22H28O6. The molecule has 6 nitrogen and oxygen atoms in total. The zero-order valence-corrected chi connectivity index (χ0v) is 16.3. The van der Waals surface area contributed by atoms with Crippen LogP contribution < -0.4 is 0 Å². The molecule has 0 unspecified atom stereocenters. The summed E-state index contributed by atoms with van der Waals surface area (Å²) in [7, 11) is 3.08. The van der Waals surface area contributed by atoms with Crippen LogP contribution >= 0.6 is 0 Å². The predicted octanol–water partition coefficient (Wildman–Crippen LogP) is 2.54. The summed E-state index contributed by atoms with van der Waals surface area (Å²) in [6.07, 6.45) is -3.29. The first-order chi connectivity index (χ1) is 13.7. The minimum Gasteiger partial charge on any atom is -0.385 e. The number of benzene rings is 2. The smallest absolute Gasteiger partial charge is 0.186 e. The first-order valence-corrected chi connectivity index (χ1v) is 9.39. The van der Waals surface area contributed by atoms with Crippen molar-refractivity contribution < 1.29 is 28.8 Å². The lowest BCUT2D eigenvalue weighted by molar-refractivity contribution is -0.308. The Labute approximate surface area is 165 Å². The number of rotatable bonds is 9. The van der Waals surface area contributed by atoms with Crippen LogP contribution in [0.3, 0.4) is 0 Å². The number of hydrogen-bond acceptors (Lipinski definition) is 6. The van der Waals surface area contributed by atoms with E-state index in [1.165, 1.54) is 7.11 Å². The van der Waals surface area contributed by atoms with E-state index in [1.807, 2.05) is 60.7 Å². The molecule has 0 bridgehead atoms. The molecule has 3 rings (SSSR count). The Morgan fingerprint density at radius 1 is 0.821 bits per heavy atom. The van der Waals surface area contributed by atoms with Crippen LogP contribution in [-0.4, -0.2) is 56.6 Å². The average molecular weight is 388 g/mol. The van der Waals surface area contributed by atoms with Crippen molar-refractivity contribution in [1.82, 2.24) is 0 Å². The third-order valence-corrected chi connectivity index (χ3v) is 4.80. The Balaban J connectivity index is 1.63. The van der Waals surface area contributed by atoms with Crippen LogP contribution in [0.5, 0.6) is 0 Å². The molecule has 2 aromatic carbocycles. The van der Waals surface area contributed by atoms with Gasteiger partial charge in [0.1, 0.15) is 24.4 Å². The van der Waals surface area contributed by atoms with Crippen LogP contribution in [0.2, 0.25) is 0 Å². The second-order valence-corrected chi connectivity index (χ2v) is 6.73. The van der Waals surface area contributed by atoms with Crippen LogP contribution in [0.25, 0.3) is 0 Å². The van der Waals surface area contributed by atoms with Crippen molar-refractivity contribution in [3.8, 4) is 0 Å². The van der Waals surface area contributed by atoms with Gasteiger partial charge in [0.2, 0.25) is 0 Å². The molecular weight excluding hydrogens is 360 g/mol. The lowest BCUT2D eigenvalue weighted by atomic mass is 9.98. The highest BCUT2D eigenvalue weighted by atomic mass is 16.7. The minimum atomic E-state index is -0.968. The van der Waals surface area contributed by atoms with Crippen LogP contribution in [0.15, 0.2) is 60.7 Å². The molecule has 152 valence electrons. The molecule has 6 heteroatoms. The van der Waals surface area contributed by atoms with Gasteiger partial charge in [-0.15, -0.1) is 0 Å². The molecule has 0 radical (unpaired) electrons. The molecule has 0 aromatic heterocycles. The van der Waals surface area contributed by atoms with Crippen LogP contribution in [0, 0.1) is 0 Å². The summed E-state index contributed by atoms with van der Waals surface area (Å²) in [5, 5.41) is 10.6. The number of aliphatic hydroxyl groups is 1. The topological polar surface area (TPSA) is 66.4 Å². The van der Waals surface area contributed by atoms with Crippen molar-refractivity contribution in [1.29, 1.82) is 0 Å². The second kappa shape index (κ2) is 10.7. The molecule has 1 saturated heterocycles. The monoisotopic (exact) mass is 388 g/mol. The molecule has 0 amide bonds. The Bertz CT molecular complexity index is 680. The largest absolute Gasteiger partial charge is 0.385 e. The van der Waals surface area contributed by atoms with Gasteiger partial charge in [0.25, 0.3) is 0 Å². The third-order valence-electron chi connectivity index (χ3n) is 4.80. The van der Waals surface area contributed by atoms with Crippen molar-refractivity contribution in [2.24, 2.45) is 0 Å². The Morgan fingerprint density at radius 2 is 1.43 bits per heavy atom. The van der Waals surface area contributed by atoms with Gasteiger partial charge in [0.05, 0.1) is 19.8 Å². The standard InChI is InChI=1S/C22H28O6/c1-24-20-18(15-26-13-16-9-5-3-6-10-16)28-22(25-2)19(23)21(20)27-14-17-11-7-4-8-12-17/h3-12,18-23H,13-15H2,1-2H3/t18-,19-,20-,21-,22+/m1/s1. The van der Waals surface area contributed by atoms with Crippen molar-refractivity contribution in [2.45, 2.75) is 43.9 Å². The first-order valence-electron chi connectivity index (χ1n) is 9.39. The number of ether oxygens (including phenoxy) is 5. The van der Waals surface area contributed by atoms with E-state index < -0.39 is 30.7 Å². The van der Waals surface area contributed by atoms with Gasteiger partial charge in [-0.1, -0.05) is 60.7 Å². The van der Waals surface area contributed by atoms with Crippen molar-refractivity contribution in [3.05, 3.63) is 71.8 Å². The average Bonchev–Trinajstić information content (AvgIpc) is 2.75. The highest BCUT2D eigenvalue weighted by molar-refractivity contribution is 5.14. The number of methoxy groups -OCH3 is 2. The Kier molecular flexibility index (Phi) is 7.97. The van der Waals surface area contributed by atoms with E-state index in [1.54, 1.807) is 7.11 Å². The molecule has 5 atom stereocenters. The van der Waals surface area contributed by atoms with Crippen LogP contribution in [0.4, 0.5) is 0 Å². The Hall–Kier alpha value is -1.80. The maximum Gasteiger partial charge on any atom is 0.186 e. The summed E-state index contributed by atoms with van der Waals surface area (Å²) in [6, 6.07) is 19.7. The second-order valence-electron chi connectivity index (χ2n) is 6.73. The van der Waals surface area contributed by atoms with Gasteiger partial charge in [-0.25, -0.2) is 0 Å². The molecule has 1 fully saturated rings. The lowest BCUT2D eigenvalue weighted by Gasteiger charge is -2.43. The quantitative estimate of drug-likeness (QED) is 0.712. The van der Waals surface area contributed by atoms with E-state index in [2.05, 4.69) is 0 Å². The van der Waals surface area contributed by atoms with E-state index in [9.17, 15) is 5.11 Å². The number of hydrogen-bond donors (Lipinski definition) is 1. The van der Waals surface area contributed by atoms with Gasteiger partial charge in [-0.2, -0.15) is 0 Å². The van der Waals surface area contributed by atoms with Gasteiger partial charge in [-0.05, 0) is 11.1 Å². The number of aliphatic hydroxyl groups excluding tert-OH is 1. The van der Waals surface area contributed by atoms with E-state index in [0.29, 0.717) is 19.8 Å². The fraction of sp³-hybridized carbons (Fsp3) is 0.455. The third kappa shape index (κ3) is 5.38. The van der Waals surface area contributed by atoms with Gasteiger partial charge in [0, 0.05) is 14.2 Å². The zero-order chi connectivity index (χ0) is 19.8. The first kappa shape index (κ1) is 20.9. The fourth-order valence-corrected chi connectivity index (χ4v) is 3.33. The Morgan fingerprint density at radius 3 is 2.00 bits per heavy atom. The van der Waals surface area contributed by atoms with Gasteiger partial charge >= 0.3 is 0 Å². The molecule has 1 aliphatic heterocycles. The van der Waals surface area contributed by atoms with Crippen molar-refractivity contribution >= 4 is 0 Å². The van der Waals surface area contributed by atoms with E-state index in [-0.39, 0.29) is 0 Å². The normalized spacial score (nSPS) is 27.6. The molecule has 1 N–H and O–H groups in total. The van der Waals surface area contributed by atoms with Crippen molar-refractivity contribution in [3.63, 3.8) is 0 Å². The molecule has 1 heterocycles. The summed E-state index contributed by atoms with van der Waals surface area (Å²) in [5.74, 6) is 0. The van der Waals surface area contributed by atoms with E-state index >= 15 is 0 Å². The molecule has 0 spiro atoms. The van der Waals surface area contributed by atoms with Crippen molar-refractivity contribution in [2.75, 3.05) is 20.8 Å². The molecule has 0 saturated carbocycles. The minimum absolute atomic E-state index is 0.297. The highest BCUT2D eigenvalue weighted by Gasteiger charge is 2.46. The molecule has 2 aromatic rings.